The number of hydrogen-bond acceptors (Lipinski definition) is 5. The van der Waals surface area contributed by atoms with E-state index in [1.807, 2.05) is 30.3 Å². The molecule has 7 heteroatoms. The second-order valence-corrected chi connectivity index (χ2v) is 8.26. The van der Waals surface area contributed by atoms with Crippen molar-refractivity contribution in [2.24, 2.45) is 10.9 Å². The minimum absolute atomic E-state index is 0.0249. The standard InChI is InChI=1S/C21H18N2O4S/c1-21(20(26)22-18(28-21)13-7-4-3-5-8-13)16-12-17(24)23(19(16)25)14-9-6-10-15(11-14)27-2/h3-11,16H,12H2,1-2H3/t16-,21+/m1/s1. The number of amides is 3. The lowest BCUT2D eigenvalue weighted by molar-refractivity contribution is -0.127. The van der Waals surface area contributed by atoms with E-state index in [0.29, 0.717) is 16.5 Å². The van der Waals surface area contributed by atoms with Gasteiger partial charge in [0.05, 0.1) is 18.7 Å². The highest BCUT2D eigenvalue weighted by molar-refractivity contribution is 8.16. The fourth-order valence-electron chi connectivity index (χ4n) is 3.48. The maximum atomic E-state index is 13.1. The average molecular weight is 394 g/mol. The number of methoxy groups -OCH3 is 1. The molecule has 2 atom stereocenters. The number of anilines is 1. The quantitative estimate of drug-likeness (QED) is 0.745. The van der Waals surface area contributed by atoms with Crippen LogP contribution in [-0.2, 0) is 14.4 Å². The van der Waals surface area contributed by atoms with Crippen LogP contribution in [0.5, 0.6) is 5.75 Å². The van der Waals surface area contributed by atoms with Crippen molar-refractivity contribution in [2.45, 2.75) is 18.1 Å². The van der Waals surface area contributed by atoms with Gasteiger partial charge in [-0.15, -0.1) is 0 Å². The summed E-state index contributed by atoms with van der Waals surface area (Å²) in [6.45, 7) is 1.70. The van der Waals surface area contributed by atoms with E-state index in [9.17, 15) is 14.4 Å². The van der Waals surface area contributed by atoms with Crippen molar-refractivity contribution in [3.05, 3.63) is 60.2 Å². The van der Waals surface area contributed by atoms with Crippen molar-refractivity contribution in [3.63, 3.8) is 0 Å². The number of benzene rings is 2. The van der Waals surface area contributed by atoms with Gasteiger partial charge in [0.2, 0.25) is 11.8 Å². The van der Waals surface area contributed by atoms with Crippen LogP contribution in [0.3, 0.4) is 0 Å². The van der Waals surface area contributed by atoms with Crippen LogP contribution in [-0.4, -0.2) is 34.6 Å². The summed E-state index contributed by atoms with van der Waals surface area (Å²) in [5.41, 5.74) is 1.27. The molecule has 2 aliphatic heterocycles. The average Bonchev–Trinajstić information content (AvgIpc) is 3.19. The molecule has 28 heavy (non-hydrogen) atoms. The Labute approximate surface area is 166 Å². The zero-order chi connectivity index (χ0) is 19.9. The van der Waals surface area contributed by atoms with Gasteiger partial charge in [-0.1, -0.05) is 48.2 Å². The minimum Gasteiger partial charge on any atom is -0.497 e. The van der Waals surface area contributed by atoms with Crippen LogP contribution in [0.15, 0.2) is 59.6 Å². The summed E-state index contributed by atoms with van der Waals surface area (Å²) in [6, 6.07) is 16.1. The number of imide groups is 1. The van der Waals surface area contributed by atoms with Gasteiger partial charge >= 0.3 is 0 Å². The smallest absolute Gasteiger partial charge is 0.263 e. The first-order valence-corrected chi connectivity index (χ1v) is 9.64. The third-order valence-corrected chi connectivity index (χ3v) is 6.48. The van der Waals surface area contributed by atoms with Crippen LogP contribution in [0.1, 0.15) is 18.9 Å². The Balaban J connectivity index is 1.62. The molecule has 3 amide bonds. The summed E-state index contributed by atoms with van der Waals surface area (Å²) in [5, 5.41) is 0.577. The number of carbonyl (C=O) groups excluding carboxylic acids is 3. The zero-order valence-electron chi connectivity index (χ0n) is 15.4. The van der Waals surface area contributed by atoms with E-state index < -0.39 is 10.7 Å². The molecule has 0 spiro atoms. The first kappa shape index (κ1) is 18.4. The topological polar surface area (TPSA) is 76.0 Å². The maximum absolute atomic E-state index is 13.1. The van der Waals surface area contributed by atoms with Crippen LogP contribution in [0.25, 0.3) is 0 Å². The fourth-order valence-corrected chi connectivity index (χ4v) is 4.72. The highest BCUT2D eigenvalue weighted by Crippen LogP contribution is 2.46. The second kappa shape index (κ2) is 6.91. The van der Waals surface area contributed by atoms with Crippen molar-refractivity contribution in [1.29, 1.82) is 0 Å². The summed E-state index contributed by atoms with van der Waals surface area (Å²) in [7, 11) is 1.52. The molecule has 0 aliphatic carbocycles. The van der Waals surface area contributed by atoms with E-state index >= 15 is 0 Å². The highest BCUT2D eigenvalue weighted by Gasteiger charge is 2.56. The molecular formula is C21H18N2O4S. The molecular weight excluding hydrogens is 376 g/mol. The molecule has 6 nitrogen and oxygen atoms in total. The van der Waals surface area contributed by atoms with Crippen molar-refractivity contribution in [2.75, 3.05) is 12.0 Å². The lowest BCUT2D eigenvalue weighted by Crippen LogP contribution is -2.42. The van der Waals surface area contributed by atoms with Crippen LogP contribution in [0.4, 0.5) is 5.69 Å². The Morgan fingerprint density at radius 1 is 1.11 bits per heavy atom. The molecule has 0 aromatic heterocycles. The summed E-state index contributed by atoms with van der Waals surface area (Å²) in [6.07, 6.45) is -0.0249. The fraction of sp³-hybridized carbons (Fsp3) is 0.238. The lowest BCUT2D eigenvalue weighted by Gasteiger charge is -2.25. The summed E-state index contributed by atoms with van der Waals surface area (Å²) in [5.74, 6) is -1.31. The predicted octanol–water partition coefficient (Wildman–Crippen LogP) is 3.05. The van der Waals surface area contributed by atoms with E-state index in [1.165, 1.54) is 18.9 Å². The van der Waals surface area contributed by atoms with E-state index in [2.05, 4.69) is 4.99 Å². The number of hydrogen-bond donors (Lipinski definition) is 0. The van der Waals surface area contributed by atoms with Gasteiger partial charge in [0.15, 0.2) is 0 Å². The molecule has 2 aliphatic rings. The van der Waals surface area contributed by atoms with Crippen molar-refractivity contribution < 1.29 is 19.1 Å². The van der Waals surface area contributed by atoms with Gasteiger partial charge in [-0.3, -0.25) is 19.3 Å². The Morgan fingerprint density at radius 2 is 1.86 bits per heavy atom. The van der Waals surface area contributed by atoms with Crippen molar-refractivity contribution in [3.8, 4) is 5.75 Å². The largest absolute Gasteiger partial charge is 0.497 e. The zero-order valence-corrected chi connectivity index (χ0v) is 16.2. The molecule has 0 radical (unpaired) electrons. The maximum Gasteiger partial charge on any atom is 0.263 e. The lowest BCUT2D eigenvalue weighted by atomic mass is 9.91. The first-order valence-electron chi connectivity index (χ1n) is 8.82. The monoisotopic (exact) mass is 394 g/mol. The molecule has 0 N–H and O–H groups in total. The summed E-state index contributed by atoms with van der Waals surface area (Å²) in [4.78, 5) is 43.9. The molecule has 0 bridgehead atoms. The Morgan fingerprint density at radius 3 is 2.57 bits per heavy atom. The molecule has 1 saturated heterocycles. The van der Waals surface area contributed by atoms with E-state index in [4.69, 9.17) is 4.74 Å². The van der Waals surface area contributed by atoms with Gasteiger partial charge in [-0.25, -0.2) is 4.99 Å². The van der Waals surface area contributed by atoms with Crippen LogP contribution in [0, 0.1) is 5.92 Å². The normalized spacial score (nSPS) is 24.6. The Hall–Kier alpha value is -2.93. The third-order valence-electron chi connectivity index (χ3n) is 5.08. The van der Waals surface area contributed by atoms with Gasteiger partial charge < -0.3 is 4.74 Å². The molecule has 2 aromatic carbocycles. The van der Waals surface area contributed by atoms with Gasteiger partial charge in [0.25, 0.3) is 5.91 Å². The van der Waals surface area contributed by atoms with E-state index in [0.717, 1.165) is 10.5 Å². The third kappa shape index (κ3) is 2.92. The number of ether oxygens (including phenoxy) is 1. The van der Waals surface area contributed by atoms with Gasteiger partial charge in [0, 0.05) is 18.1 Å². The molecule has 0 saturated carbocycles. The Bertz CT molecular complexity index is 1000. The molecule has 2 heterocycles. The van der Waals surface area contributed by atoms with Gasteiger partial charge in [-0.05, 0) is 19.1 Å². The molecule has 142 valence electrons. The van der Waals surface area contributed by atoms with Crippen molar-refractivity contribution in [1.82, 2.24) is 0 Å². The highest BCUT2D eigenvalue weighted by atomic mass is 32.2. The van der Waals surface area contributed by atoms with E-state index in [1.54, 1.807) is 31.2 Å². The number of carbonyl (C=O) groups is 3. The summed E-state index contributed by atoms with van der Waals surface area (Å²) < 4.78 is 4.08. The Kier molecular flexibility index (Phi) is 4.55. The van der Waals surface area contributed by atoms with Gasteiger partial charge in [-0.2, -0.15) is 0 Å². The first-order chi connectivity index (χ1) is 13.4. The number of aliphatic imine (C=N–C) groups is 1. The summed E-state index contributed by atoms with van der Waals surface area (Å²) >= 11 is 1.26. The predicted molar refractivity (Wildman–Crippen MR) is 108 cm³/mol. The van der Waals surface area contributed by atoms with Gasteiger partial charge in [0.1, 0.15) is 15.5 Å². The van der Waals surface area contributed by atoms with Crippen LogP contribution in [0.2, 0.25) is 0 Å². The van der Waals surface area contributed by atoms with E-state index in [-0.39, 0.29) is 24.1 Å². The van der Waals surface area contributed by atoms with Crippen LogP contribution >= 0.6 is 11.8 Å². The minimum atomic E-state index is -1.11. The number of nitrogens with zero attached hydrogens (tertiary/aromatic N) is 2. The van der Waals surface area contributed by atoms with Crippen LogP contribution < -0.4 is 9.64 Å². The number of thioether (sulfide) groups is 1. The molecule has 0 unspecified atom stereocenters. The van der Waals surface area contributed by atoms with Crippen molar-refractivity contribution >= 4 is 40.2 Å². The molecule has 2 aromatic rings. The second-order valence-electron chi connectivity index (χ2n) is 6.82. The molecule has 1 fully saturated rings. The SMILES string of the molecule is COc1cccc(N2C(=O)C[C@@H]([C@]3(C)SC(c4ccccc4)=NC3=O)C2=O)c1. The number of rotatable bonds is 4. The molecule has 4 rings (SSSR count).